The minimum atomic E-state index is 0.510. The zero-order valence-corrected chi connectivity index (χ0v) is 12.4. The van der Waals surface area contributed by atoms with Crippen LogP contribution in [0.4, 0.5) is 5.69 Å². The van der Waals surface area contributed by atoms with Crippen molar-refractivity contribution < 1.29 is 4.74 Å². The third-order valence-corrected chi connectivity index (χ3v) is 3.54. The van der Waals surface area contributed by atoms with Gasteiger partial charge in [0.1, 0.15) is 12.4 Å². The highest BCUT2D eigenvalue weighted by Gasteiger charge is 2.03. The fourth-order valence-corrected chi connectivity index (χ4v) is 2.06. The number of hydrogen-bond acceptors (Lipinski definition) is 2. The van der Waals surface area contributed by atoms with E-state index >= 15 is 0 Å². The first-order valence-corrected chi connectivity index (χ1v) is 6.97. The van der Waals surface area contributed by atoms with Gasteiger partial charge in [-0.05, 0) is 29.8 Å². The van der Waals surface area contributed by atoms with Crippen molar-refractivity contribution in [2.75, 3.05) is 11.9 Å². The van der Waals surface area contributed by atoms with Gasteiger partial charge in [-0.1, -0.05) is 54.1 Å². The Morgan fingerprint density at radius 1 is 1.10 bits per heavy atom. The average molecular weight is 308 g/mol. The molecule has 0 saturated carbocycles. The second-order valence-corrected chi connectivity index (χ2v) is 4.98. The molecule has 2 rings (SSSR count). The summed E-state index contributed by atoms with van der Waals surface area (Å²) in [6.45, 7) is 4.79. The molecule has 4 heteroatoms. The summed E-state index contributed by atoms with van der Waals surface area (Å²) in [6.07, 6.45) is 1.72. The molecule has 0 fully saturated rings. The fourth-order valence-electron chi connectivity index (χ4n) is 1.70. The number of ether oxygens (including phenoxy) is 1. The molecule has 20 heavy (non-hydrogen) atoms. The second kappa shape index (κ2) is 7.22. The Morgan fingerprint density at radius 3 is 2.55 bits per heavy atom. The topological polar surface area (TPSA) is 21.3 Å². The smallest absolute Gasteiger partial charge is 0.119 e. The molecule has 2 aromatic carbocycles. The molecule has 0 amide bonds. The van der Waals surface area contributed by atoms with E-state index in [1.807, 2.05) is 36.4 Å². The molecule has 0 aliphatic carbocycles. The highest BCUT2D eigenvalue weighted by Crippen LogP contribution is 2.29. The van der Waals surface area contributed by atoms with Gasteiger partial charge in [0.2, 0.25) is 0 Å². The SMILES string of the molecule is C=CCOc1ccc(CNc2cccc(Cl)c2Cl)cc1. The summed E-state index contributed by atoms with van der Waals surface area (Å²) in [5.74, 6) is 0.828. The monoisotopic (exact) mass is 307 g/mol. The number of hydrogen-bond donors (Lipinski definition) is 1. The zero-order chi connectivity index (χ0) is 14.4. The van der Waals surface area contributed by atoms with Gasteiger partial charge < -0.3 is 10.1 Å². The van der Waals surface area contributed by atoms with E-state index in [0.717, 1.165) is 17.0 Å². The molecule has 1 N–H and O–H groups in total. The first kappa shape index (κ1) is 14.8. The van der Waals surface area contributed by atoms with Crippen LogP contribution in [0.5, 0.6) is 5.75 Å². The summed E-state index contributed by atoms with van der Waals surface area (Å²) in [6, 6.07) is 13.4. The number of nitrogens with one attached hydrogen (secondary N) is 1. The van der Waals surface area contributed by atoms with Crippen molar-refractivity contribution in [2.45, 2.75) is 6.54 Å². The second-order valence-electron chi connectivity index (χ2n) is 4.20. The van der Waals surface area contributed by atoms with Crippen LogP contribution in [-0.4, -0.2) is 6.61 Å². The maximum atomic E-state index is 6.12. The first-order valence-electron chi connectivity index (χ1n) is 6.21. The number of rotatable bonds is 6. The molecular formula is C16H15Cl2NO. The minimum absolute atomic E-state index is 0.510. The molecule has 104 valence electrons. The van der Waals surface area contributed by atoms with Gasteiger partial charge in [-0.2, -0.15) is 0 Å². The highest BCUT2D eigenvalue weighted by atomic mass is 35.5. The highest BCUT2D eigenvalue weighted by molar-refractivity contribution is 6.43. The van der Waals surface area contributed by atoms with Crippen LogP contribution in [0.25, 0.3) is 0 Å². The molecule has 2 aromatic rings. The first-order chi connectivity index (χ1) is 9.70. The normalized spacial score (nSPS) is 10.1. The third-order valence-electron chi connectivity index (χ3n) is 2.73. The van der Waals surface area contributed by atoms with E-state index in [1.54, 1.807) is 12.1 Å². The van der Waals surface area contributed by atoms with Crippen LogP contribution < -0.4 is 10.1 Å². The van der Waals surface area contributed by atoms with Crippen molar-refractivity contribution in [3.63, 3.8) is 0 Å². The standard InChI is InChI=1S/C16H15Cl2NO/c1-2-10-20-13-8-6-12(7-9-13)11-19-15-5-3-4-14(17)16(15)18/h2-9,19H,1,10-11H2. The van der Waals surface area contributed by atoms with Crippen molar-refractivity contribution in [3.05, 3.63) is 70.7 Å². The molecule has 0 aliphatic rings. The van der Waals surface area contributed by atoms with E-state index in [0.29, 0.717) is 23.2 Å². The van der Waals surface area contributed by atoms with Gasteiger partial charge in [0.05, 0.1) is 15.7 Å². The van der Waals surface area contributed by atoms with E-state index in [4.69, 9.17) is 27.9 Å². The quantitative estimate of drug-likeness (QED) is 0.743. The van der Waals surface area contributed by atoms with Gasteiger partial charge in [0.15, 0.2) is 0 Å². The molecule has 0 saturated heterocycles. The third kappa shape index (κ3) is 3.92. The maximum absolute atomic E-state index is 6.12. The molecule has 0 unspecified atom stereocenters. The molecule has 0 aromatic heterocycles. The van der Waals surface area contributed by atoms with Gasteiger partial charge >= 0.3 is 0 Å². The largest absolute Gasteiger partial charge is 0.490 e. The van der Waals surface area contributed by atoms with Crippen molar-refractivity contribution in [2.24, 2.45) is 0 Å². The van der Waals surface area contributed by atoms with Crippen molar-refractivity contribution in [1.82, 2.24) is 0 Å². The van der Waals surface area contributed by atoms with E-state index < -0.39 is 0 Å². The summed E-state index contributed by atoms with van der Waals surface area (Å²) in [5, 5.41) is 4.35. The summed E-state index contributed by atoms with van der Waals surface area (Å²) in [4.78, 5) is 0. The Bertz CT molecular complexity index is 582. The van der Waals surface area contributed by atoms with Gasteiger partial charge in [0.25, 0.3) is 0 Å². The van der Waals surface area contributed by atoms with Crippen molar-refractivity contribution >= 4 is 28.9 Å². The van der Waals surface area contributed by atoms with Gasteiger partial charge in [0, 0.05) is 6.54 Å². The van der Waals surface area contributed by atoms with Crippen LogP contribution in [0.15, 0.2) is 55.1 Å². The molecule has 0 heterocycles. The summed E-state index contributed by atoms with van der Waals surface area (Å²) in [7, 11) is 0. The Kier molecular flexibility index (Phi) is 5.33. The van der Waals surface area contributed by atoms with E-state index in [2.05, 4.69) is 11.9 Å². The molecular weight excluding hydrogens is 293 g/mol. The molecule has 2 nitrogen and oxygen atoms in total. The Balaban J connectivity index is 1.97. The number of anilines is 1. The van der Waals surface area contributed by atoms with Crippen molar-refractivity contribution in [1.29, 1.82) is 0 Å². The van der Waals surface area contributed by atoms with Crippen LogP contribution in [0, 0.1) is 0 Å². The lowest BCUT2D eigenvalue weighted by molar-refractivity contribution is 0.363. The van der Waals surface area contributed by atoms with Gasteiger partial charge in [-0.15, -0.1) is 0 Å². The lowest BCUT2D eigenvalue weighted by Crippen LogP contribution is -2.00. The lowest BCUT2D eigenvalue weighted by Gasteiger charge is -2.10. The van der Waals surface area contributed by atoms with Crippen LogP contribution in [0.1, 0.15) is 5.56 Å². The van der Waals surface area contributed by atoms with Crippen LogP contribution in [0.2, 0.25) is 10.0 Å². The van der Waals surface area contributed by atoms with E-state index in [-0.39, 0.29) is 0 Å². The molecule has 0 radical (unpaired) electrons. The molecule has 0 spiro atoms. The summed E-state index contributed by atoms with van der Waals surface area (Å²) >= 11 is 12.1. The predicted octanol–water partition coefficient (Wildman–Crippen LogP) is 5.17. The number of benzene rings is 2. The maximum Gasteiger partial charge on any atom is 0.119 e. The van der Waals surface area contributed by atoms with Crippen molar-refractivity contribution in [3.8, 4) is 5.75 Å². The summed E-state index contributed by atoms with van der Waals surface area (Å²) in [5.41, 5.74) is 1.96. The van der Waals surface area contributed by atoms with Gasteiger partial charge in [-0.25, -0.2) is 0 Å². The summed E-state index contributed by atoms with van der Waals surface area (Å²) < 4.78 is 5.43. The van der Waals surface area contributed by atoms with Gasteiger partial charge in [-0.3, -0.25) is 0 Å². The lowest BCUT2D eigenvalue weighted by atomic mass is 10.2. The number of halogens is 2. The molecule has 0 bridgehead atoms. The Labute approximate surface area is 129 Å². The van der Waals surface area contributed by atoms with Crippen LogP contribution >= 0.6 is 23.2 Å². The van der Waals surface area contributed by atoms with Crippen LogP contribution in [-0.2, 0) is 6.54 Å². The minimum Gasteiger partial charge on any atom is -0.490 e. The molecule has 0 aliphatic heterocycles. The van der Waals surface area contributed by atoms with E-state index in [1.165, 1.54) is 0 Å². The average Bonchev–Trinajstić information content (AvgIpc) is 2.48. The Hall–Kier alpha value is -1.64. The Morgan fingerprint density at radius 2 is 1.85 bits per heavy atom. The molecule has 0 atom stereocenters. The predicted molar refractivity (Wildman–Crippen MR) is 85.9 cm³/mol. The van der Waals surface area contributed by atoms with E-state index in [9.17, 15) is 0 Å². The zero-order valence-electron chi connectivity index (χ0n) is 10.9. The fraction of sp³-hybridized carbons (Fsp3) is 0.125. The van der Waals surface area contributed by atoms with Crippen LogP contribution in [0.3, 0.4) is 0 Å².